The molecule has 0 aromatic carbocycles. The first kappa shape index (κ1) is 6.29. The summed E-state index contributed by atoms with van der Waals surface area (Å²) in [6.07, 6.45) is 3.89. The lowest BCUT2D eigenvalue weighted by molar-refractivity contribution is -0.148. The van der Waals surface area contributed by atoms with Crippen LogP contribution in [0.25, 0.3) is 0 Å². The topological polar surface area (TPSA) is 29.5 Å². The number of amides is 1. The molecule has 1 heterocycles. The third-order valence-corrected chi connectivity index (χ3v) is 1.08. The molecule has 0 aromatic heterocycles. The standard InChI is InChI=1S/C6H9NO2/c1-2-4-7-6(8)3-5-9-7/h2,4H,3,5H2,1H3/b4-2+. The molecule has 1 rings (SSSR count). The number of carbonyl (C=O) groups is 1. The summed E-state index contributed by atoms with van der Waals surface area (Å²) >= 11 is 0. The van der Waals surface area contributed by atoms with E-state index in [0.29, 0.717) is 13.0 Å². The van der Waals surface area contributed by atoms with Crippen LogP contribution in [0.4, 0.5) is 0 Å². The molecule has 1 fully saturated rings. The maximum absolute atomic E-state index is 10.7. The van der Waals surface area contributed by atoms with Crippen LogP contribution in [0, 0.1) is 0 Å². The van der Waals surface area contributed by atoms with Gasteiger partial charge in [0.15, 0.2) is 0 Å². The Morgan fingerprint density at radius 2 is 2.56 bits per heavy atom. The van der Waals surface area contributed by atoms with Crippen molar-refractivity contribution in [3.8, 4) is 0 Å². The van der Waals surface area contributed by atoms with Crippen molar-refractivity contribution in [2.75, 3.05) is 6.61 Å². The lowest BCUT2D eigenvalue weighted by atomic mass is 10.4. The van der Waals surface area contributed by atoms with Crippen molar-refractivity contribution in [1.82, 2.24) is 5.06 Å². The maximum Gasteiger partial charge on any atom is 0.252 e. The van der Waals surface area contributed by atoms with Crippen LogP contribution in [0.5, 0.6) is 0 Å². The van der Waals surface area contributed by atoms with Crippen LogP contribution >= 0.6 is 0 Å². The monoisotopic (exact) mass is 127 g/mol. The molecule has 0 aliphatic carbocycles. The summed E-state index contributed by atoms with van der Waals surface area (Å²) < 4.78 is 0. The quantitative estimate of drug-likeness (QED) is 0.518. The van der Waals surface area contributed by atoms with E-state index in [1.807, 2.05) is 6.92 Å². The van der Waals surface area contributed by atoms with E-state index in [9.17, 15) is 4.79 Å². The second-order valence-electron chi connectivity index (χ2n) is 1.79. The van der Waals surface area contributed by atoms with Gasteiger partial charge in [0.05, 0.1) is 13.0 Å². The highest BCUT2D eigenvalue weighted by atomic mass is 16.7. The zero-order chi connectivity index (χ0) is 6.69. The van der Waals surface area contributed by atoms with Crippen LogP contribution in [-0.4, -0.2) is 17.6 Å². The lowest BCUT2D eigenvalue weighted by Crippen LogP contribution is -2.15. The number of hydrogen-bond donors (Lipinski definition) is 0. The van der Waals surface area contributed by atoms with Gasteiger partial charge in [-0.15, -0.1) is 0 Å². The third kappa shape index (κ3) is 1.29. The fourth-order valence-corrected chi connectivity index (χ4v) is 0.675. The minimum absolute atomic E-state index is 0.0353. The van der Waals surface area contributed by atoms with Gasteiger partial charge in [-0.1, -0.05) is 6.08 Å². The third-order valence-electron chi connectivity index (χ3n) is 1.08. The van der Waals surface area contributed by atoms with Gasteiger partial charge in [-0.05, 0) is 6.92 Å². The first-order chi connectivity index (χ1) is 4.34. The summed E-state index contributed by atoms with van der Waals surface area (Å²) in [6, 6.07) is 0. The minimum Gasteiger partial charge on any atom is -0.272 e. The normalized spacial score (nSPS) is 20.1. The Balaban J connectivity index is 2.49. The van der Waals surface area contributed by atoms with Crippen molar-refractivity contribution in [1.29, 1.82) is 0 Å². The Morgan fingerprint density at radius 1 is 1.78 bits per heavy atom. The largest absolute Gasteiger partial charge is 0.272 e. The van der Waals surface area contributed by atoms with Crippen LogP contribution in [-0.2, 0) is 9.63 Å². The van der Waals surface area contributed by atoms with E-state index in [1.54, 1.807) is 12.3 Å². The first-order valence-corrected chi connectivity index (χ1v) is 2.92. The average molecular weight is 127 g/mol. The molecule has 9 heavy (non-hydrogen) atoms. The molecule has 1 saturated heterocycles. The molecule has 1 aliphatic rings. The Hall–Kier alpha value is -0.830. The van der Waals surface area contributed by atoms with E-state index in [-0.39, 0.29) is 5.91 Å². The predicted octanol–water partition coefficient (Wildman–Crippen LogP) is 0.684. The van der Waals surface area contributed by atoms with Crippen molar-refractivity contribution < 1.29 is 9.63 Å². The SMILES string of the molecule is C/C=C/N1OCCC1=O. The first-order valence-electron chi connectivity index (χ1n) is 2.92. The molecule has 50 valence electrons. The average Bonchev–Trinajstić information content (AvgIpc) is 2.18. The molecule has 0 N–H and O–H groups in total. The highest BCUT2D eigenvalue weighted by Crippen LogP contribution is 2.05. The Morgan fingerprint density at radius 3 is 3.00 bits per heavy atom. The van der Waals surface area contributed by atoms with E-state index in [2.05, 4.69) is 0 Å². The second kappa shape index (κ2) is 2.64. The molecule has 0 unspecified atom stereocenters. The summed E-state index contributed by atoms with van der Waals surface area (Å²) in [5.74, 6) is 0.0353. The molecule has 1 aliphatic heterocycles. The number of rotatable bonds is 1. The lowest BCUT2D eigenvalue weighted by Gasteiger charge is -2.05. The molecule has 0 aromatic rings. The fraction of sp³-hybridized carbons (Fsp3) is 0.500. The van der Waals surface area contributed by atoms with Crippen LogP contribution in [0.3, 0.4) is 0 Å². The second-order valence-corrected chi connectivity index (χ2v) is 1.79. The van der Waals surface area contributed by atoms with Crippen molar-refractivity contribution in [2.24, 2.45) is 0 Å². The summed E-state index contributed by atoms with van der Waals surface area (Å²) in [7, 11) is 0. The van der Waals surface area contributed by atoms with E-state index < -0.39 is 0 Å². The van der Waals surface area contributed by atoms with Gasteiger partial charge in [-0.2, -0.15) is 5.06 Å². The smallest absolute Gasteiger partial charge is 0.252 e. The molecule has 0 saturated carbocycles. The van der Waals surface area contributed by atoms with Gasteiger partial charge in [0.25, 0.3) is 5.91 Å². The zero-order valence-electron chi connectivity index (χ0n) is 5.33. The van der Waals surface area contributed by atoms with Gasteiger partial charge in [-0.3, -0.25) is 9.63 Å². The predicted molar refractivity (Wildman–Crippen MR) is 32.2 cm³/mol. The van der Waals surface area contributed by atoms with Gasteiger partial charge in [0, 0.05) is 6.20 Å². The van der Waals surface area contributed by atoms with Crippen LogP contribution < -0.4 is 0 Å². The summed E-state index contributed by atoms with van der Waals surface area (Å²) in [4.78, 5) is 15.6. The molecule has 0 spiro atoms. The molecule has 0 radical (unpaired) electrons. The molecule has 1 amide bonds. The number of hydroxylamine groups is 2. The van der Waals surface area contributed by atoms with E-state index in [0.717, 1.165) is 0 Å². The van der Waals surface area contributed by atoms with Gasteiger partial charge < -0.3 is 0 Å². The highest BCUT2D eigenvalue weighted by molar-refractivity contribution is 5.77. The molecular weight excluding hydrogens is 118 g/mol. The minimum atomic E-state index is 0.0353. The van der Waals surface area contributed by atoms with Gasteiger partial charge in [0.2, 0.25) is 0 Å². The van der Waals surface area contributed by atoms with E-state index >= 15 is 0 Å². The van der Waals surface area contributed by atoms with Gasteiger partial charge in [-0.25, -0.2) is 0 Å². The molecular formula is C6H9NO2. The number of hydrogen-bond acceptors (Lipinski definition) is 2. The van der Waals surface area contributed by atoms with E-state index in [4.69, 9.17) is 4.84 Å². The summed E-state index contributed by atoms with van der Waals surface area (Å²) in [5.41, 5.74) is 0. The van der Waals surface area contributed by atoms with Crippen LogP contribution in [0.2, 0.25) is 0 Å². The van der Waals surface area contributed by atoms with Crippen molar-refractivity contribution in [3.05, 3.63) is 12.3 Å². The van der Waals surface area contributed by atoms with Crippen molar-refractivity contribution in [3.63, 3.8) is 0 Å². The van der Waals surface area contributed by atoms with Crippen molar-refractivity contribution >= 4 is 5.91 Å². The van der Waals surface area contributed by atoms with Crippen LogP contribution in [0.15, 0.2) is 12.3 Å². The Kier molecular flexibility index (Phi) is 1.85. The van der Waals surface area contributed by atoms with Gasteiger partial charge >= 0.3 is 0 Å². The van der Waals surface area contributed by atoms with Crippen molar-refractivity contribution in [2.45, 2.75) is 13.3 Å². The highest BCUT2D eigenvalue weighted by Gasteiger charge is 2.17. The van der Waals surface area contributed by atoms with Crippen LogP contribution in [0.1, 0.15) is 13.3 Å². The van der Waals surface area contributed by atoms with Gasteiger partial charge in [0.1, 0.15) is 0 Å². The molecule has 0 atom stereocenters. The number of allylic oxidation sites excluding steroid dienone is 1. The maximum atomic E-state index is 10.7. The Bertz CT molecular complexity index is 142. The zero-order valence-corrected chi connectivity index (χ0v) is 5.33. The molecule has 3 heteroatoms. The molecule has 3 nitrogen and oxygen atoms in total. The summed E-state index contributed by atoms with van der Waals surface area (Å²) in [5, 5.41) is 1.26. The number of carbonyl (C=O) groups excluding carboxylic acids is 1. The van der Waals surface area contributed by atoms with E-state index in [1.165, 1.54) is 5.06 Å². The summed E-state index contributed by atoms with van der Waals surface area (Å²) in [6.45, 7) is 2.36. The fourth-order valence-electron chi connectivity index (χ4n) is 0.675. The number of nitrogens with zero attached hydrogens (tertiary/aromatic N) is 1. The Labute approximate surface area is 53.9 Å². The molecule has 0 bridgehead atoms.